The summed E-state index contributed by atoms with van der Waals surface area (Å²) in [5, 5.41) is 17.8. The van der Waals surface area contributed by atoms with Gasteiger partial charge in [0.15, 0.2) is 0 Å². The lowest BCUT2D eigenvalue weighted by Crippen LogP contribution is -2.27. The van der Waals surface area contributed by atoms with E-state index in [4.69, 9.17) is 9.84 Å². The van der Waals surface area contributed by atoms with Crippen LogP contribution >= 0.6 is 0 Å². The lowest BCUT2D eigenvalue weighted by molar-refractivity contribution is 0.0634. The standard InChI is InChI=1S/C15H17N3O4/c1-15(2,3)22-14(21)16-10-6-4-9(5-7-10)11-8-12(13(19)20)18-17-11/h4-8H,1-3H3,(H,16,21)(H,17,18)(H,19,20). The summed E-state index contributed by atoms with van der Waals surface area (Å²) in [4.78, 5) is 22.4. The van der Waals surface area contributed by atoms with Crippen molar-refractivity contribution in [3.63, 3.8) is 0 Å². The van der Waals surface area contributed by atoms with Crippen molar-refractivity contribution in [2.24, 2.45) is 0 Å². The fourth-order valence-corrected chi connectivity index (χ4v) is 1.72. The number of aromatic nitrogens is 2. The Morgan fingerprint density at radius 3 is 2.36 bits per heavy atom. The summed E-state index contributed by atoms with van der Waals surface area (Å²) in [7, 11) is 0. The Morgan fingerprint density at radius 1 is 1.23 bits per heavy atom. The molecule has 7 nitrogen and oxygen atoms in total. The SMILES string of the molecule is CC(C)(C)OC(=O)Nc1ccc(-c2cc(C(=O)O)[nH]n2)cc1. The Labute approximate surface area is 127 Å². The van der Waals surface area contributed by atoms with Gasteiger partial charge in [-0.05, 0) is 39.0 Å². The molecule has 2 aromatic rings. The highest BCUT2D eigenvalue weighted by molar-refractivity contribution is 5.87. The molecule has 2 rings (SSSR count). The number of nitrogens with zero attached hydrogens (tertiary/aromatic N) is 1. The molecular formula is C15H17N3O4. The lowest BCUT2D eigenvalue weighted by atomic mass is 10.1. The maximum Gasteiger partial charge on any atom is 0.412 e. The smallest absolute Gasteiger partial charge is 0.412 e. The number of rotatable bonds is 3. The molecule has 0 saturated heterocycles. The van der Waals surface area contributed by atoms with Crippen molar-refractivity contribution in [2.45, 2.75) is 26.4 Å². The van der Waals surface area contributed by atoms with Gasteiger partial charge in [-0.1, -0.05) is 12.1 Å². The Kier molecular flexibility index (Phi) is 4.16. The van der Waals surface area contributed by atoms with E-state index in [1.165, 1.54) is 6.07 Å². The molecule has 0 bridgehead atoms. The predicted octanol–water partition coefficient (Wildman–Crippen LogP) is 3.12. The molecule has 22 heavy (non-hydrogen) atoms. The molecule has 0 fully saturated rings. The van der Waals surface area contributed by atoms with Gasteiger partial charge in [-0.3, -0.25) is 10.4 Å². The molecule has 1 amide bonds. The third-order valence-electron chi connectivity index (χ3n) is 2.63. The zero-order valence-electron chi connectivity index (χ0n) is 12.5. The van der Waals surface area contributed by atoms with Crippen molar-refractivity contribution < 1.29 is 19.4 Å². The summed E-state index contributed by atoms with van der Waals surface area (Å²) in [6.07, 6.45) is -0.534. The average Bonchev–Trinajstić information content (AvgIpc) is 2.87. The Morgan fingerprint density at radius 2 is 1.86 bits per heavy atom. The van der Waals surface area contributed by atoms with Crippen molar-refractivity contribution in [2.75, 3.05) is 5.32 Å². The van der Waals surface area contributed by atoms with Gasteiger partial charge >= 0.3 is 12.1 Å². The van der Waals surface area contributed by atoms with Gasteiger partial charge in [0.2, 0.25) is 0 Å². The average molecular weight is 303 g/mol. The molecule has 3 N–H and O–H groups in total. The first-order valence-corrected chi connectivity index (χ1v) is 6.64. The number of ether oxygens (including phenoxy) is 1. The summed E-state index contributed by atoms with van der Waals surface area (Å²) in [6, 6.07) is 8.28. The number of H-pyrrole nitrogens is 1. The van der Waals surface area contributed by atoms with E-state index in [2.05, 4.69) is 15.5 Å². The molecule has 1 heterocycles. The number of carboxylic acids is 1. The molecule has 0 aliphatic rings. The molecule has 0 atom stereocenters. The first-order chi connectivity index (χ1) is 10.2. The minimum absolute atomic E-state index is 0.0194. The van der Waals surface area contributed by atoms with Gasteiger partial charge in [0.1, 0.15) is 11.3 Å². The summed E-state index contributed by atoms with van der Waals surface area (Å²) in [5.41, 5.74) is 1.28. The normalized spacial score (nSPS) is 11.0. The number of nitrogens with one attached hydrogen (secondary N) is 2. The molecule has 0 spiro atoms. The minimum Gasteiger partial charge on any atom is -0.477 e. The quantitative estimate of drug-likeness (QED) is 0.808. The monoisotopic (exact) mass is 303 g/mol. The fraction of sp³-hybridized carbons (Fsp3) is 0.267. The topological polar surface area (TPSA) is 104 Å². The Balaban J connectivity index is 2.06. The number of carboxylic acid groups (broad SMARTS) is 1. The highest BCUT2D eigenvalue weighted by Gasteiger charge is 2.16. The van der Waals surface area contributed by atoms with Crippen molar-refractivity contribution in [3.05, 3.63) is 36.0 Å². The number of amides is 1. The first-order valence-electron chi connectivity index (χ1n) is 6.64. The van der Waals surface area contributed by atoms with Crippen LogP contribution in [0, 0.1) is 0 Å². The Hall–Kier alpha value is -2.83. The van der Waals surface area contributed by atoms with E-state index in [9.17, 15) is 9.59 Å². The molecule has 1 aromatic carbocycles. The van der Waals surface area contributed by atoms with Crippen molar-refractivity contribution in [3.8, 4) is 11.3 Å². The number of carbonyl (C=O) groups is 2. The zero-order valence-corrected chi connectivity index (χ0v) is 12.5. The van der Waals surface area contributed by atoms with Gasteiger partial charge in [-0.2, -0.15) is 5.10 Å². The van der Waals surface area contributed by atoms with Crippen LogP contribution in [0.3, 0.4) is 0 Å². The second kappa shape index (κ2) is 5.88. The van der Waals surface area contributed by atoms with Crippen molar-refractivity contribution in [1.29, 1.82) is 0 Å². The Bertz CT molecular complexity index is 684. The van der Waals surface area contributed by atoms with Crippen LogP contribution in [-0.4, -0.2) is 33.0 Å². The first kappa shape index (κ1) is 15.6. The van der Waals surface area contributed by atoms with Gasteiger partial charge in [0.05, 0.1) is 5.69 Å². The fourth-order valence-electron chi connectivity index (χ4n) is 1.72. The molecule has 0 unspecified atom stereocenters. The van der Waals surface area contributed by atoms with Crippen LogP contribution in [0.15, 0.2) is 30.3 Å². The van der Waals surface area contributed by atoms with E-state index >= 15 is 0 Å². The van der Waals surface area contributed by atoms with Crippen molar-refractivity contribution >= 4 is 17.7 Å². The number of hydrogen-bond donors (Lipinski definition) is 3. The third kappa shape index (κ3) is 4.08. The van der Waals surface area contributed by atoms with Gasteiger partial charge in [-0.25, -0.2) is 9.59 Å². The highest BCUT2D eigenvalue weighted by Crippen LogP contribution is 2.20. The van der Waals surface area contributed by atoms with Gasteiger partial charge < -0.3 is 9.84 Å². The van der Waals surface area contributed by atoms with Crippen LogP contribution in [0.1, 0.15) is 31.3 Å². The van der Waals surface area contributed by atoms with Gasteiger partial charge in [-0.15, -0.1) is 0 Å². The number of aromatic carboxylic acids is 1. The number of anilines is 1. The molecule has 0 saturated carbocycles. The van der Waals surface area contributed by atoms with E-state index in [0.717, 1.165) is 5.56 Å². The second-order valence-corrected chi connectivity index (χ2v) is 5.68. The summed E-state index contributed by atoms with van der Waals surface area (Å²) >= 11 is 0. The molecule has 1 aromatic heterocycles. The largest absolute Gasteiger partial charge is 0.477 e. The highest BCUT2D eigenvalue weighted by atomic mass is 16.6. The number of benzene rings is 1. The minimum atomic E-state index is -1.07. The number of hydrogen-bond acceptors (Lipinski definition) is 4. The van der Waals surface area contributed by atoms with Crippen LogP contribution in [-0.2, 0) is 4.74 Å². The number of carbonyl (C=O) groups excluding carboxylic acids is 1. The molecule has 0 radical (unpaired) electrons. The van der Waals surface area contributed by atoms with Gasteiger partial charge in [0, 0.05) is 11.3 Å². The predicted molar refractivity (Wildman–Crippen MR) is 80.8 cm³/mol. The van der Waals surface area contributed by atoms with Crippen LogP contribution in [0.25, 0.3) is 11.3 Å². The molecular weight excluding hydrogens is 286 g/mol. The second-order valence-electron chi connectivity index (χ2n) is 5.68. The summed E-state index contributed by atoms with van der Waals surface area (Å²) < 4.78 is 5.15. The van der Waals surface area contributed by atoms with Crippen LogP contribution in [0.4, 0.5) is 10.5 Å². The van der Waals surface area contributed by atoms with E-state index in [1.54, 1.807) is 45.0 Å². The molecule has 7 heteroatoms. The maximum absolute atomic E-state index is 11.6. The molecule has 0 aliphatic carbocycles. The number of aromatic amines is 1. The van der Waals surface area contributed by atoms with E-state index in [-0.39, 0.29) is 5.69 Å². The van der Waals surface area contributed by atoms with Gasteiger partial charge in [0.25, 0.3) is 0 Å². The van der Waals surface area contributed by atoms with Crippen LogP contribution < -0.4 is 5.32 Å². The summed E-state index contributed by atoms with van der Waals surface area (Å²) in [5.74, 6) is -1.07. The van der Waals surface area contributed by atoms with E-state index in [0.29, 0.717) is 11.4 Å². The lowest BCUT2D eigenvalue weighted by Gasteiger charge is -2.19. The van der Waals surface area contributed by atoms with Crippen LogP contribution in [0.5, 0.6) is 0 Å². The maximum atomic E-state index is 11.6. The van der Waals surface area contributed by atoms with E-state index < -0.39 is 17.7 Å². The third-order valence-corrected chi connectivity index (χ3v) is 2.63. The van der Waals surface area contributed by atoms with E-state index in [1.807, 2.05) is 0 Å². The summed E-state index contributed by atoms with van der Waals surface area (Å²) in [6.45, 7) is 5.36. The molecule has 116 valence electrons. The van der Waals surface area contributed by atoms with Crippen molar-refractivity contribution in [1.82, 2.24) is 10.2 Å². The zero-order chi connectivity index (χ0) is 16.3. The van der Waals surface area contributed by atoms with Crippen LogP contribution in [0.2, 0.25) is 0 Å². The molecule has 0 aliphatic heterocycles.